The maximum absolute atomic E-state index is 4.12. The first-order chi connectivity index (χ1) is 2.00. The van der Waals surface area contributed by atoms with Gasteiger partial charge in [-0.05, 0) is 0 Å². The van der Waals surface area contributed by atoms with Crippen LogP contribution in [0, 0.1) is 0 Å². The maximum Gasteiger partial charge on any atom is 1.00 e. The summed E-state index contributed by atoms with van der Waals surface area (Å²) >= 11 is 4.12. The number of hydrogen-bond acceptors (Lipinski definition) is 1. The van der Waals surface area contributed by atoms with Crippen LogP contribution in [-0.4, -0.2) is 4.75 Å². The van der Waals surface area contributed by atoms with E-state index in [-0.39, 0.29) is 57.6 Å². The average molecular weight is 130 g/mol. The summed E-state index contributed by atoms with van der Waals surface area (Å²) in [5, 5.41) is 0. The number of thiol groups is 1. The summed E-state index contributed by atoms with van der Waals surface area (Å²) in [6.07, 6.45) is 0. The molecule has 0 nitrogen and oxygen atoms in total. The Kier molecular flexibility index (Phi) is 7.12. The minimum Gasteiger partial charge on any atom is -1.00 e. The Morgan fingerprint density at radius 1 is 1.33 bits per heavy atom. The van der Waals surface area contributed by atoms with Crippen molar-refractivity contribution < 1.29 is 52.8 Å². The molecule has 0 aromatic carbocycles. The fourth-order valence-corrected chi connectivity index (χ4v) is 0. The van der Waals surface area contributed by atoms with Crippen molar-refractivity contribution in [3.63, 3.8) is 0 Å². The second-order valence-corrected chi connectivity index (χ2v) is 3.51. The molecule has 34 valence electrons. The largest absolute Gasteiger partial charge is 1.00 e. The number of rotatable bonds is 0. The average Bonchev–Trinajstić information content (AvgIpc) is 0.722. The second-order valence-electron chi connectivity index (χ2n) is 2.17. The van der Waals surface area contributed by atoms with Crippen LogP contribution >= 0.6 is 12.6 Å². The van der Waals surface area contributed by atoms with Crippen molar-refractivity contribution >= 4 is 12.6 Å². The van der Waals surface area contributed by atoms with Gasteiger partial charge in [-0.2, -0.15) is 12.6 Å². The van der Waals surface area contributed by atoms with E-state index >= 15 is 0 Å². The van der Waals surface area contributed by atoms with Gasteiger partial charge in [-0.1, -0.05) is 20.8 Å². The molecule has 0 amide bonds. The zero-order chi connectivity index (χ0) is 4.50. The molecule has 2 heteroatoms. The van der Waals surface area contributed by atoms with Crippen LogP contribution in [0.3, 0.4) is 0 Å². The standard InChI is InChI=1S/C4H10S.K.H/c1-4(2,3)5;;/h5H,1-3H3;;/q;+1;-1. The summed E-state index contributed by atoms with van der Waals surface area (Å²) in [5.74, 6) is 0. The molecule has 0 heterocycles. The van der Waals surface area contributed by atoms with Crippen LogP contribution in [0.5, 0.6) is 0 Å². The molecule has 0 rings (SSSR count). The molecule has 0 saturated heterocycles. The van der Waals surface area contributed by atoms with Gasteiger partial charge in [0, 0.05) is 4.75 Å². The van der Waals surface area contributed by atoms with Crippen LogP contribution in [0.1, 0.15) is 22.2 Å². The van der Waals surface area contributed by atoms with Crippen molar-refractivity contribution in [3.8, 4) is 0 Å². The quantitative estimate of drug-likeness (QED) is 0.310. The maximum atomic E-state index is 4.12. The Labute approximate surface area is 89.4 Å². The Hall–Kier alpha value is 1.99. The first-order valence-corrected chi connectivity index (χ1v) is 2.17. The molecule has 0 saturated carbocycles. The predicted octanol–water partition coefficient (Wildman–Crippen LogP) is -1.17. The van der Waals surface area contributed by atoms with E-state index in [0.29, 0.717) is 0 Å². The van der Waals surface area contributed by atoms with E-state index in [1.165, 1.54) is 0 Å². The molecule has 0 atom stereocenters. The molecule has 0 N–H and O–H groups in total. The third kappa shape index (κ3) is 37.7. The monoisotopic (exact) mass is 130 g/mol. The summed E-state index contributed by atoms with van der Waals surface area (Å²) in [6.45, 7) is 6.16. The zero-order valence-electron chi connectivity index (χ0n) is 5.95. The molecule has 0 bridgehead atoms. The summed E-state index contributed by atoms with van der Waals surface area (Å²) in [4.78, 5) is 0. The Balaban J connectivity index is -0.0000000800. The molecule has 6 heavy (non-hydrogen) atoms. The molecular formula is C4H11KS. The molecule has 0 aromatic rings. The third-order valence-electron chi connectivity index (χ3n) is 0. The fraction of sp³-hybridized carbons (Fsp3) is 1.00. The first kappa shape index (κ1) is 10.9. The second kappa shape index (κ2) is 3.93. The molecule has 0 unspecified atom stereocenters. The van der Waals surface area contributed by atoms with E-state index in [4.69, 9.17) is 0 Å². The minimum atomic E-state index is 0. The number of hydrogen-bond donors (Lipinski definition) is 1. The van der Waals surface area contributed by atoms with Crippen LogP contribution in [0.2, 0.25) is 0 Å². The molecule has 0 fully saturated rings. The van der Waals surface area contributed by atoms with E-state index in [2.05, 4.69) is 33.4 Å². The summed E-state index contributed by atoms with van der Waals surface area (Å²) in [5.41, 5.74) is 0. The molecular weight excluding hydrogens is 119 g/mol. The van der Waals surface area contributed by atoms with Gasteiger partial charge in [0.05, 0.1) is 0 Å². The van der Waals surface area contributed by atoms with Crippen LogP contribution in [0.25, 0.3) is 0 Å². The predicted molar refractivity (Wildman–Crippen MR) is 29.9 cm³/mol. The van der Waals surface area contributed by atoms with Crippen LogP contribution in [0.4, 0.5) is 0 Å². The molecule has 0 aromatic heterocycles. The van der Waals surface area contributed by atoms with E-state index in [0.717, 1.165) is 0 Å². The summed E-state index contributed by atoms with van der Waals surface area (Å²) < 4.78 is 0.194. The van der Waals surface area contributed by atoms with Gasteiger partial charge >= 0.3 is 51.4 Å². The first-order valence-electron chi connectivity index (χ1n) is 1.72. The van der Waals surface area contributed by atoms with E-state index in [1.807, 2.05) is 0 Å². The summed E-state index contributed by atoms with van der Waals surface area (Å²) in [6, 6.07) is 0. The molecule has 0 aliphatic carbocycles. The Morgan fingerprint density at radius 3 is 1.33 bits per heavy atom. The molecule has 0 aliphatic heterocycles. The van der Waals surface area contributed by atoms with Crippen molar-refractivity contribution in [1.29, 1.82) is 0 Å². The fourth-order valence-electron chi connectivity index (χ4n) is 0. The van der Waals surface area contributed by atoms with Crippen molar-refractivity contribution in [2.24, 2.45) is 0 Å². The molecule has 0 radical (unpaired) electrons. The smallest absolute Gasteiger partial charge is 1.00 e. The van der Waals surface area contributed by atoms with E-state index in [1.54, 1.807) is 0 Å². The van der Waals surface area contributed by atoms with Gasteiger partial charge in [-0.25, -0.2) is 0 Å². The minimum absolute atomic E-state index is 0. The van der Waals surface area contributed by atoms with Crippen LogP contribution in [-0.2, 0) is 0 Å². The Morgan fingerprint density at radius 2 is 1.33 bits per heavy atom. The normalized spacial score (nSPS) is 10.0. The van der Waals surface area contributed by atoms with E-state index < -0.39 is 0 Å². The van der Waals surface area contributed by atoms with Gasteiger partial charge in [0.15, 0.2) is 0 Å². The van der Waals surface area contributed by atoms with Crippen LogP contribution in [0.15, 0.2) is 0 Å². The zero-order valence-corrected chi connectivity index (χ0v) is 8.96. The van der Waals surface area contributed by atoms with Gasteiger partial charge in [0.2, 0.25) is 0 Å². The van der Waals surface area contributed by atoms with Crippen molar-refractivity contribution in [2.75, 3.05) is 0 Å². The molecule has 0 spiro atoms. The topological polar surface area (TPSA) is 0 Å². The van der Waals surface area contributed by atoms with Gasteiger partial charge in [-0.3, -0.25) is 0 Å². The SMILES string of the molecule is CC(C)(C)S.[H-].[K+]. The Bertz CT molecular complexity index is 27.2. The van der Waals surface area contributed by atoms with Gasteiger partial charge < -0.3 is 1.43 Å². The van der Waals surface area contributed by atoms with Crippen molar-refractivity contribution in [1.82, 2.24) is 0 Å². The van der Waals surface area contributed by atoms with Gasteiger partial charge in [0.25, 0.3) is 0 Å². The molecule has 0 aliphatic rings. The van der Waals surface area contributed by atoms with E-state index in [9.17, 15) is 0 Å². The van der Waals surface area contributed by atoms with Crippen molar-refractivity contribution in [3.05, 3.63) is 0 Å². The van der Waals surface area contributed by atoms with Gasteiger partial charge in [-0.15, -0.1) is 0 Å². The van der Waals surface area contributed by atoms with Crippen LogP contribution < -0.4 is 51.4 Å². The van der Waals surface area contributed by atoms with Crippen molar-refractivity contribution in [2.45, 2.75) is 25.5 Å². The summed E-state index contributed by atoms with van der Waals surface area (Å²) in [7, 11) is 0. The third-order valence-corrected chi connectivity index (χ3v) is 0. The van der Waals surface area contributed by atoms with Gasteiger partial charge in [0.1, 0.15) is 0 Å².